The SMILES string of the molecule is C1=Cc2c(c3sccc3c3c2c2c4ccsc4c4sccc4c2c2c4ccsc4c4sccc4c32)CC1.c1ccc2c(c1)c1sccc1c1c3c4ccccc4c4sccc4c3c3c4ccccc4c4sccc4c3c21. The number of allylic oxidation sites excluding steroid dienone is 1. The molecular formula is C68H34S8. The zero-order valence-electron chi connectivity index (χ0n) is 40.0. The van der Waals surface area contributed by atoms with E-state index in [1.807, 2.05) is 90.7 Å². The molecule has 0 atom stereocenters. The first-order valence-electron chi connectivity index (χ1n) is 25.6. The minimum absolute atomic E-state index is 1.13. The van der Waals surface area contributed by atoms with Crippen molar-refractivity contribution < 1.29 is 0 Å². The Morgan fingerprint density at radius 2 is 0.474 bits per heavy atom. The molecule has 76 heavy (non-hydrogen) atoms. The number of aryl methyl sites for hydroxylation is 1. The molecule has 8 aromatic heterocycles. The summed E-state index contributed by atoms with van der Waals surface area (Å²) in [7, 11) is 0. The van der Waals surface area contributed by atoms with Gasteiger partial charge in [0.2, 0.25) is 0 Å². The molecule has 0 saturated heterocycles. The number of benzene rings is 11. The van der Waals surface area contributed by atoms with Gasteiger partial charge in [0.05, 0.1) is 18.8 Å². The molecule has 0 spiro atoms. The predicted molar refractivity (Wildman–Crippen MR) is 351 cm³/mol. The third-order valence-corrected chi connectivity index (χ3v) is 24.7. The summed E-state index contributed by atoms with van der Waals surface area (Å²) >= 11 is 15.1. The first-order valence-corrected chi connectivity index (χ1v) is 32.6. The number of hydrogen-bond donors (Lipinski definition) is 0. The summed E-state index contributed by atoms with van der Waals surface area (Å²) < 4.78 is 11.4. The van der Waals surface area contributed by atoms with Gasteiger partial charge in [0.1, 0.15) is 0 Å². The van der Waals surface area contributed by atoms with E-state index in [0.717, 1.165) is 12.8 Å². The Balaban J connectivity index is 0.000000116. The molecule has 1 aliphatic carbocycles. The van der Waals surface area contributed by atoms with Gasteiger partial charge in [0.15, 0.2) is 0 Å². The molecule has 11 aromatic carbocycles. The molecule has 20 rings (SSSR count). The molecule has 0 nitrogen and oxygen atoms in total. The fourth-order valence-electron chi connectivity index (χ4n) is 14.2. The Labute approximate surface area is 464 Å². The fraction of sp³-hybridized carbons (Fsp3) is 0.0294. The average molecular weight is 1110 g/mol. The molecule has 0 aliphatic heterocycles. The molecule has 8 heteroatoms. The zero-order valence-corrected chi connectivity index (χ0v) is 46.5. The molecule has 0 unspecified atom stereocenters. The Kier molecular flexibility index (Phi) is 8.59. The van der Waals surface area contributed by atoms with Crippen LogP contribution in [0.2, 0.25) is 0 Å². The van der Waals surface area contributed by atoms with Crippen LogP contribution in [-0.4, -0.2) is 0 Å². The van der Waals surface area contributed by atoms with Crippen LogP contribution in [0.15, 0.2) is 170 Å². The Morgan fingerprint density at radius 3 is 0.816 bits per heavy atom. The monoisotopic (exact) mass is 1110 g/mol. The predicted octanol–water partition coefficient (Wildman–Crippen LogP) is 24.4. The summed E-state index contributed by atoms with van der Waals surface area (Å²) in [5.41, 5.74) is 3.01. The summed E-state index contributed by atoms with van der Waals surface area (Å²) in [5, 5.41) is 54.8. The number of fused-ring (bicyclic) bond motifs is 42. The Morgan fingerprint density at radius 1 is 0.224 bits per heavy atom. The van der Waals surface area contributed by atoms with Crippen molar-refractivity contribution in [2.45, 2.75) is 12.8 Å². The van der Waals surface area contributed by atoms with E-state index < -0.39 is 0 Å². The largest absolute Gasteiger partial charge is 0.143 e. The van der Waals surface area contributed by atoms with Crippen LogP contribution in [-0.2, 0) is 6.42 Å². The lowest BCUT2D eigenvalue weighted by Crippen LogP contribution is -1.98. The van der Waals surface area contributed by atoms with Gasteiger partial charge in [-0.15, -0.1) is 90.7 Å². The van der Waals surface area contributed by atoms with Crippen LogP contribution < -0.4 is 0 Å². The highest BCUT2D eigenvalue weighted by atomic mass is 32.1. The van der Waals surface area contributed by atoms with Gasteiger partial charge in [-0.05, 0) is 153 Å². The van der Waals surface area contributed by atoms with E-state index in [9.17, 15) is 0 Å². The highest BCUT2D eigenvalue weighted by Gasteiger charge is 2.28. The van der Waals surface area contributed by atoms with Crippen LogP contribution in [0.5, 0.6) is 0 Å². The summed E-state index contributed by atoms with van der Waals surface area (Å²) in [5.74, 6) is 0. The van der Waals surface area contributed by atoms with E-state index >= 15 is 0 Å². The van der Waals surface area contributed by atoms with E-state index in [1.54, 1.807) is 5.56 Å². The number of rotatable bonds is 0. The van der Waals surface area contributed by atoms with Crippen molar-refractivity contribution in [1.29, 1.82) is 0 Å². The van der Waals surface area contributed by atoms with Crippen molar-refractivity contribution in [2.24, 2.45) is 0 Å². The molecule has 8 heterocycles. The topological polar surface area (TPSA) is 0 Å². The van der Waals surface area contributed by atoms with Crippen LogP contribution in [0.25, 0.3) is 184 Å². The summed E-state index contributed by atoms with van der Waals surface area (Å²) in [4.78, 5) is 0. The van der Waals surface area contributed by atoms with Crippen LogP contribution in [0.1, 0.15) is 17.5 Å². The molecule has 0 fully saturated rings. The second-order valence-electron chi connectivity index (χ2n) is 20.3. The van der Waals surface area contributed by atoms with Crippen LogP contribution >= 0.6 is 90.7 Å². The summed E-state index contributed by atoms with van der Waals surface area (Å²) in [6, 6.07) is 46.2. The maximum absolute atomic E-state index is 2.44. The molecule has 19 aromatic rings. The highest BCUT2D eigenvalue weighted by Crippen LogP contribution is 2.57. The summed E-state index contributed by atoms with van der Waals surface area (Å²) in [6.45, 7) is 0. The summed E-state index contributed by atoms with van der Waals surface area (Å²) in [6.07, 6.45) is 7.09. The molecule has 0 radical (unpaired) electrons. The molecule has 0 amide bonds. The molecule has 0 bridgehead atoms. The second kappa shape index (κ2) is 15.4. The van der Waals surface area contributed by atoms with Gasteiger partial charge in [-0.1, -0.05) is 84.9 Å². The van der Waals surface area contributed by atoms with E-state index in [2.05, 4.69) is 177 Å². The van der Waals surface area contributed by atoms with Crippen molar-refractivity contribution in [2.75, 3.05) is 0 Å². The van der Waals surface area contributed by atoms with Gasteiger partial charge < -0.3 is 0 Å². The zero-order chi connectivity index (χ0) is 49.1. The van der Waals surface area contributed by atoms with Gasteiger partial charge in [-0.25, -0.2) is 0 Å². The van der Waals surface area contributed by atoms with Crippen molar-refractivity contribution in [1.82, 2.24) is 0 Å². The van der Waals surface area contributed by atoms with Gasteiger partial charge in [-0.3, -0.25) is 0 Å². The van der Waals surface area contributed by atoms with E-state index in [1.165, 1.54) is 183 Å². The molecule has 0 N–H and O–H groups in total. The Hall–Kier alpha value is -6.82. The standard InChI is InChI=1S/C36H18S3.C32H16S5/c1-4-10-22-19(7-1)28-31(25-13-16-37-34(22)25)29-21-9-3-6-12-24(21)36-27(15-18-39-36)33(29)30-20-8-2-5-11-23(20)35-26(32(28)30)14-17-38-35;1-2-4-16-15(3-1)22-23(17-5-10-33-28(16)17)25-19-7-12-35-30(19)32-21(9-14-37-32)27(25)26-20-8-13-36-31(20)29-18(24(22)26)6-11-34-29/h1-18H;1,3,5-14H,2,4H2. The third kappa shape index (κ3) is 5.23. The number of hydrogen-bond acceptors (Lipinski definition) is 8. The van der Waals surface area contributed by atoms with Crippen molar-refractivity contribution >= 4 is 274 Å². The molecular weight excluding hydrogens is 1070 g/mol. The number of thiophene rings is 8. The van der Waals surface area contributed by atoms with Crippen LogP contribution in [0, 0.1) is 0 Å². The quantitative estimate of drug-likeness (QED) is 0.133. The van der Waals surface area contributed by atoms with Gasteiger partial charge in [0.25, 0.3) is 0 Å². The lowest BCUT2D eigenvalue weighted by Gasteiger charge is -2.21. The van der Waals surface area contributed by atoms with E-state index in [4.69, 9.17) is 0 Å². The molecule has 1 aliphatic rings. The highest BCUT2D eigenvalue weighted by molar-refractivity contribution is 7.27. The van der Waals surface area contributed by atoms with Crippen molar-refractivity contribution in [3.63, 3.8) is 0 Å². The van der Waals surface area contributed by atoms with Crippen molar-refractivity contribution in [3.8, 4) is 0 Å². The van der Waals surface area contributed by atoms with Crippen LogP contribution in [0.4, 0.5) is 0 Å². The van der Waals surface area contributed by atoms with Gasteiger partial charge >= 0.3 is 0 Å². The lowest BCUT2D eigenvalue weighted by molar-refractivity contribution is 1.00. The lowest BCUT2D eigenvalue weighted by atomic mass is 9.82. The van der Waals surface area contributed by atoms with Crippen molar-refractivity contribution in [3.05, 3.63) is 182 Å². The van der Waals surface area contributed by atoms with E-state index in [0.29, 0.717) is 0 Å². The van der Waals surface area contributed by atoms with E-state index in [-0.39, 0.29) is 0 Å². The smallest absolute Gasteiger partial charge is 0.0527 e. The first-order chi connectivity index (χ1) is 37.8. The molecule has 354 valence electrons. The average Bonchev–Trinajstić information content (AvgIpc) is 4.34. The Bertz CT molecular complexity index is 5460. The van der Waals surface area contributed by atoms with Gasteiger partial charge in [-0.2, -0.15) is 0 Å². The fourth-order valence-corrected chi connectivity index (χ4v) is 22.0. The maximum Gasteiger partial charge on any atom is 0.0527 e. The normalized spacial score (nSPS) is 13.4. The maximum atomic E-state index is 2.44. The minimum atomic E-state index is 1.13. The first kappa shape index (κ1) is 42.3. The molecule has 0 saturated carbocycles. The van der Waals surface area contributed by atoms with Crippen LogP contribution in [0.3, 0.4) is 0 Å². The minimum Gasteiger partial charge on any atom is -0.143 e. The van der Waals surface area contributed by atoms with Gasteiger partial charge in [0, 0.05) is 121 Å². The second-order valence-corrected chi connectivity index (χ2v) is 27.6. The third-order valence-electron chi connectivity index (χ3n) is 16.9.